The van der Waals surface area contributed by atoms with Gasteiger partial charge in [0.2, 0.25) is 0 Å². The van der Waals surface area contributed by atoms with Crippen LogP contribution < -0.4 is 0 Å². The topological polar surface area (TPSA) is 26.3 Å². The summed E-state index contributed by atoms with van der Waals surface area (Å²) in [5.41, 5.74) is 1.89. The van der Waals surface area contributed by atoms with Crippen molar-refractivity contribution in [3.63, 3.8) is 0 Å². The summed E-state index contributed by atoms with van der Waals surface area (Å²) in [6.45, 7) is 2.11. The van der Waals surface area contributed by atoms with Crippen LogP contribution in [0.3, 0.4) is 0 Å². The number of hydrogen-bond acceptors (Lipinski definition) is 2. The first-order valence-electron chi connectivity index (χ1n) is 5.37. The highest BCUT2D eigenvalue weighted by Crippen LogP contribution is 2.23. The molecule has 0 fully saturated rings. The van der Waals surface area contributed by atoms with Gasteiger partial charge in [0.1, 0.15) is 0 Å². The Balaban J connectivity index is 2.73. The van der Waals surface area contributed by atoms with Crippen molar-refractivity contribution in [1.82, 2.24) is 0 Å². The first-order valence-corrected chi connectivity index (χ1v) is 5.37. The lowest BCUT2D eigenvalue weighted by Crippen LogP contribution is -2.02. The standard InChI is InChI=1S/C14H14O2/c1-3-10-6-4-8-12-11(10)7-5-9-13(12)14(15)16-2/h4-9H,3H2,1-2H3. The van der Waals surface area contributed by atoms with Gasteiger partial charge >= 0.3 is 5.97 Å². The Bertz CT molecular complexity index is 529. The molecule has 0 atom stereocenters. The molecule has 0 aliphatic rings. The van der Waals surface area contributed by atoms with Crippen LogP contribution in [-0.2, 0) is 11.2 Å². The molecule has 0 saturated heterocycles. The molecule has 0 aromatic heterocycles. The van der Waals surface area contributed by atoms with E-state index in [-0.39, 0.29) is 5.97 Å². The smallest absolute Gasteiger partial charge is 0.338 e. The van der Waals surface area contributed by atoms with E-state index in [9.17, 15) is 4.79 Å². The third kappa shape index (κ3) is 1.67. The molecule has 0 aliphatic heterocycles. The Morgan fingerprint density at radius 3 is 2.50 bits per heavy atom. The maximum atomic E-state index is 11.6. The maximum Gasteiger partial charge on any atom is 0.338 e. The average molecular weight is 214 g/mol. The second-order valence-electron chi connectivity index (χ2n) is 3.66. The highest BCUT2D eigenvalue weighted by Gasteiger charge is 2.10. The molecule has 0 saturated carbocycles. The zero-order valence-corrected chi connectivity index (χ0v) is 9.49. The highest BCUT2D eigenvalue weighted by molar-refractivity contribution is 6.05. The second-order valence-corrected chi connectivity index (χ2v) is 3.66. The lowest BCUT2D eigenvalue weighted by atomic mass is 9.99. The van der Waals surface area contributed by atoms with Gasteiger partial charge < -0.3 is 4.74 Å². The van der Waals surface area contributed by atoms with Crippen LogP contribution in [0.4, 0.5) is 0 Å². The van der Waals surface area contributed by atoms with Crippen LogP contribution in [-0.4, -0.2) is 13.1 Å². The molecule has 2 aromatic rings. The zero-order valence-electron chi connectivity index (χ0n) is 9.49. The summed E-state index contributed by atoms with van der Waals surface area (Å²) >= 11 is 0. The van der Waals surface area contributed by atoms with Crippen molar-refractivity contribution in [1.29, 1.82) is 0 Å². The average Bonchev–Trinajstić information content (AvgIpc) is 2.36. The number of ether oxygens (including phenoxy) is 1. The van der Waals surface area contributed by atoms with Crippen molar-refractivity contribution in [2.75, 3.05) is 7.11 Å². The molecule has 0 N–H and O–H groups in total. The van der Waals surface area contributed by atoms with Gasteiger partial charge in [-0.3, -0.25) is 0 Å². The van der Waals surface area contributed by atoms with Gasteiger partial charge in [0.25, 0.3) is 0 Å². The number of methoxy groups -OCH3 is 1. The fraction of sp³-hybridized carbons (Fsp3) is 0.214. The molecular formula is C14H14O2. The molecule has 2 rings (SSSR count). The van der Waals surface area contributed by atoms with E-state index in [1.165, 1.54) is 12.7 Å². The van der Waals surface area contributed by atoms with Gasteiger partial charge in [0, 0.05) is 0 Å². The molecule has 82 valence electrons. The van der Waals surface area contributed by atoms with Gasteiger partial charge in [-0.05, 0) is 28.8 Å². The van der Waals surface area contributed by atoms with E-state index >= 15 is 0 Å². The minimum Gasteiger partial charge on any atom is -0.465 e. The monoisotopic (exact) mass is 214 g/mol. The molecule has 16 heavy (non-hydrogen) atoms. The Morgan fingerprint density at radius 2 is 1.81 bits per heavy atom. The minimum atomic E-state index is -0.279. The van der Waals surface area contributed by atoms with Gasteiger partial charge in [-0.1, -0.05) is 37.3 Å². The SMILES string of the molecule is CCc1cccc2c(C(=O)OC)cccc12. The molecule has 0 heterocycles. The van der Waals surface area contributed by atoms with Crippen LogP contribution >= 0.6 is 0 Å². The van der Waals surface area contributed by atoms with Crippen molar-refractivity contribution in [3.8, 4) is 0 Å². The molecule has 0 radical (unpaired) electrons. The molecule has 0 bridgehead atoms. The summed E-state index contributed by atoms with van der Waals surface area (Å²) in [6, 6.07) is 11.8. The molecule has 2 aromatic carbocycles. The van der Waals surface area contributed by atoms with Crippen LogP contribution in [0, 0.1) is 0 Å². The Labute approximate surface area is 94.8 Å². The summed E-state index contributed by atoms with van der Waals surface area (Å²) in [7, 11) is 1.41. The summed E-state index contributed by atoms with van der Waals surface area (Å²) in [4.78, 5) is 11.6. The minimum absolute atomic E-state index is 0.279. The van der Waals surface area contributed by atoms with E-state index in [0.29, 0.717) is 5.56 Å². The van der Waals surface area contributed by atoms with Gasteiger partial charge in [0.05, 0.1) is 12.7 Å². The number of benzene rings is 2. The number of carbonyl (C=O) groups excluding carboxylic acids is 1. The summed E-state index contributed by atoms with van der Waals surface area (Å²) < 4.78 is 4.78. The fourth-order valence-electron chi connectivity index (χ4n) is 1.97. The highest BCUT2D eigenvalue weighted by atomic mass is 16.5. The second kappa shape index (κ2) is 4.35. The predicted octanol–water partition coefficient (Wildman–Crippen LogP) is 3.19. The van der Waals surface area contributed by atoms with Crippen molar-refractivity contribution >= 4 is 16.7 Å². The van der Waals surface area contributed by atoms with E-state index < -0.39 is 0 Å². The van der Waals surface area contributed by atoms with Crippen LogP contribution in [0.2, 0.25) is 0 Å². The number of carbonyl (C=O) groups is 1. The molecule has 0 aliphatic carbocycles. The van der Waals surface area contributed by atoms with Gasteiger partial charge in [0.15, 0.2) is 0 Å². The number of aryl methyl sites for hydroxylation is 1. The summed E-state index contributed by atoms with van der Waals surface area (Å²) in [5, 5.41) is 2.10. The third-order valence-corrected chi connectivity index (χ3v) is 2.80. The first-order chi connectivity index (χ1) is 7.77. The van der Waals surface area contributed by atoms with Crippen LogP contribution in [0.1, 0.15) is 22.8 Å². The largest absolute Gasteiger partial charge is 0.465 e. The lowest BCUT2D eigenvalue weighted by molar-refractivity contribution is 0.0603. The van der Waals surface area contributed by atoms with E-state index in [2.05, 4.69) is 13.0 Å². The molecule has 2 heteroatoms. The zero-order chi connectivity index (χ0) is 11.5. The van der Waals surface area contributed by atoms with E-state index in [4.69, 9.17) is 4.74 Å². The molecule has 0 spiro atoms. The number of hydrogen-bond donors (Lipinski definition) is 0. The summed E-state index contributed by atoms with van der Waals surface area (Å²) in [6.07, 6.45) is 0.960. The quantitative estimate of drug-likeness (QED) is 0.718. The van der Waals surface area contributed by atoms with Crippen molar-refractivity contribution in [3.05, 3.63) is 47.5 Å². The maximum absolute atomic E-state index is 11.6. The van der Waals surface area contributed by atoms with Gasteiger partial charge in [-0.2, -0.15) is 0 Å². The van der Waals surface area contributed by atoms with E-state index in [0.717, 1.165) is 17.2 Å². The predicted molar refractivity (Wildman–Crippen MR) is 64.7 cm³/mol. The lowest BCUT2D eigenvalue weighted by Gasteiger charge is -2.07. The van der Waals surface area contributed by atoms with Crippen molar-refractivity contribution < 1.29 is 9.53 Å². The van der Waals surface area contributed by atoms with E-state index in [1.807, 2.05) is 24.3 Å². The van der Waals surface area contributed by atoms with E-state index in [1.54, 1.807) is 6.07 Å². The number of fused-ring (bicyclic) bond motifs is 1. The molecule has 0 amide bonds. The van der Waals surface area contributed by atoms with Crippen LogP contribution in [0.15, 0.2) is 36.4 Å². The number of esters is 1. The molecule has 2 nitrogen and oxygen atoms in total. The van der Waals surface area contributed by atoms with Crippen LogP contribution in [0.25, 0.3) is 10.8 Å². The Morgan fingerprint density at radius 1 is 1.12 bits per heavy atom. The number of rotatable bonds is 2. The molecular weight excluding hydrogens is 200 g/mol. The first kappa shape index (κ1) is 10.7. The van der Waals surface area contributed by atoms with Crippen molar-refractivity contribution in [2.24, 2.45) is 0 Å². The fourth-order valence-corrected chi connectivity index (χ4v) is 1.97. The normalized spacial score (nSPS) is 10.4. The summed E-state index contributed by atoms with van der Waals surface area (Å²) in [5.74, 6) is -0.279. The van der Waals surface area contributed by atoms with Crippen molar-refractivity contribution in [2.45, 2.75) is 13.3 Å². The van der Waals surface area contributed by atoms with Gasteiger partial charge in [-0.15, -0.1) is 0 Å². The molecule has 0 unspecified atom stereocenters. The Kier molecular flexibility index (Phi) is 2.91. The Hall–Kier alpha value is -1.83. The third-order valence-electron chi connectivity index (χ3n) is 2.80. The van der Waals surface area contributed by atoms with Gasteiger partial charge in [-0.25, -0.2) is 4.79 Å². The van der Waals surface area contributed by atoms with Crippen LogP contribution in [0.5, 0.6) is 0 Å².